The van der Waals surface area contributed by atoms with Crippen LogP contribution in [0.5, 0.6) is 5.75 Å². The van der Waals surface area contributed by atoms with Crippen LogP contribution >= 0.6 is 47.8 Å². The second kappa shape index (κ2) is 3.33. The summed E-state index contributed by atoms with van der Waals surface area (Å²) in [6, 6.07) is 1.53. The van der Waals surface area contributed by atoms with Gasteiger partial charge in [0.25, 0.3) is 0 Å². The van der Waals surface area contributed by atoms with Crippen LogP contribution in [0.25, 0.3) is 0 Å². The number of halogens is 3. The third kappa shape index (κ3) is 1.71. The van der Waals surface area contributed by atoms with Crippen LogP contribution in [-0.2, 0) is 0 Å². The van der Waals surface area contributed by atoms with E-state index in [-0.39, 0.29) is 5.75 Å². The highest BCUT2D eigenvalue weighted by Crippen LogP contribution is 2.40. The van der Waals surface area contributed by atoms with Gasteiger partial charge in [-0.25, -0.2) is 0 Å². The SMILES string of the molecule is Nc1c(Br)cc(O)c(Br)c1Br. The zero-order valence-electron chi connectivity index (χ0n) is 5.24. The Morgan fingerprint density at radius 2 is 1.73 bits per heavy atom. The monoisotopic (exact) mass is 343 g/mol. The molecule has 1 rings (SSSR count). The van der Waals surface area contributed by atoms with Crippen molar-refractivity contribution < 1.29 is 5.11 Å². The van der Waals surface area contributed by atoms with E-state index >= 15 is 0 Å². The molecule has 11 heavy (non-hydrogen) atoms. The Morgan fingerprint density at radius 1 is 1.18 bits per heavy atom. The van der Waals surface area contributed by atoms with Crippen molar-refractivity contribution in [3.8, 4) is 5.75 Å². The summed E-state index contributed by atoms with van der Waals surface area (Å²) in [7, 11) is 0. The second-order valence-electron chi connectivity index (χ2n) is 1.92. The van der Waals surface area contributed by atoms with E-state index in [4.69, 9.17) is 5.73 Å². The second-order valence-corrected chi connectivity index (χ2v) is 4.36. The highest BCUT2D eigenvalue weighted by Gasteiger charge is 2.09. The molecule has 0 atom stereocenters. The minimum atomic E-state index is 0.151. The Hall–Kier alpha value is 0.260. The van der Waals surface area contributed by atoms with Crippen molar-refractivity contribution in [1.82, 2.24) is 0 Å². The fourth-order valence-electron chi connectivity index (χ4n) is 0.597. The molecule has 0 aliphatic carbocycles. The lowest BCUT2D eigenvalue weighted by Crippen LogP contribution is -1.89. The molecule has 0 heterocycles. The Morgan fingerprint density at radius 3 is 2.27 bits per heavy atom. The lowest BCUT2D eigenvalue weighted by molar-refractivity contribution is 0.471. The van der Waals surface area contributed by atoms with Crippen LogP contribution in [0.15, 0.2) is 19.5 Å². The number of nitrogen functional groups attached to an aromatic ring is 1. The number of phenolic OH excluding ortho intramolecular Hbond substituents is 1. The number of rotatable bonds is 0. The molecule has 0 saturated carbocycles. The first-order valence-electron chi connectivity index (χ1n) is 2.66. The van der Waals surface area contributed by atoms with Crippen LogP contribution < -0.4 is 5.73 Å². The van der Waals surface area contributed by atoms with Gasteiger partial charge in [0.15, 0.2) is 0 Å². The highest BCUT2D eigenvalue weighted by molar-refractivity contribution is 9.13. The molecule has 0 aliphatic heterocycles. The first-order valence-corrected chi connectivity index (χ1v) is 5.04. The minimum absolute atomic E-state index is 0.151. The summed E-state index contributed by atoms with van der Waals surface area (Å²) in [5.74, 6) is 0.151. The molecular weight excluding hydrogens is 342 g/mol. The minimum Gasteiger partial charge on any atom is -0.507 e. The third-order valence-corrected chi connectivity index (χ3v) is 3.99. The van der Waals surface area contributed by atoms with Crippen LogP contribution in [0.3, 0.4) is 0 Å². The number of anilines is 1. The Kier molecular flexibility index (Phi) is 2.83. The van der Waals surface area contributed by atoms with Crippen LogP contribution in [0, 0.1) is 0 Å². The number of nitrogens with two attached hydrogens (primary N) is 1. The van der Waals surface area contributed by atoms with Crippen LogP contribution in [-0.4, -0.2) is 5.11 Å². The highest BCUT2D eigenvalue weighted by atomic mass is 79.9. The lowest BCUT2D eigenvalue weighted by Gasteiger charge is -2.05. The molecule has 2 nitrogen and oxygen atoms in total. The van der Waals surface area contributed by atoms with E-state index < -0.39 is 0 Å². The van der Waals surface area contributed by atoms with Crippen molar-refractivity contribution in [3.63, 3.8) is 0 Å². The maximum atomic E-state index is 9.24. The fourth-order valence-corrected chi connectivity index (χ4v) is 2.02. The molecule has 1 aromatic rings. The topological polar surface area (TPSA) is 46.2 Å². The van der Waals surface area contributed by atoms with Gasteiger partial charge in [-0.1, -0.05) is 0 Å². The summed E-state index contributed by atoms with van der Waals surface area (Å²) in [5, 5.41) is 9.24. The zero-order chi connectivity index (χ0) is 8.59. The molecule has 0 aliphatic rings. The van der Waals surface area contributed by atoms with Gasteiger partial charge in [-0.3, -0.25) is 0 Å². The molecule has 0 saturated heterocycles. The van der Waals surface area contributed by atoms with Gasteiger partial charge in [-0.05, 0) is 53.9 Å². The molecule has 0 unspecified atom stereocenters. The van der Waals surface area contributed by atoms with E-state index in [1.807, 2.05) is 0 Å². The number of phenols is 1. The van der Waals surface area contributed by atoms with E-state index in [1.54, 1.807) is 0 Å². The molecule has 0 bridgehead atoms. The first kappa shape index (κ1) is 9.35. The molecular formula is C6H4Br3NO. The summed E-state index contributed by atoms with van der Waals surface area (Å²) in [6.45, 7) is 0. The van der Waals surface area contributed by atoms with Gasteiger partial charge in [0.05, 0.1) is 14.6 Å². The number of aromatic hydroxyl groups is 1. The van der Waals surface area contributed by atoms with Crippen LogP contribution in [0.4, 0.5) is 5.69 Å². The molecule has 5 heteroatoms. The van der Waals surface area contributed by atoms with Crippen molar-refractivity contribution in [2.75, 3.05) is 5.73 Å². The fraction of sp³-hybridized carbons (Fsp3) is 0. The molecule has 0 aromatic heterocycles. The van der Waals surface area contributed by atoms with Gasteiger partial charge in [0, 0.05) is 4.47 Å². The summed E-state index contributed by atoms with van der Waals surface area (Å²) < 4.78 is 1.90. The normalized spacial score (nSPS) is 10.1. The third-order valence-electron chi connectivity index (χ3n) is 1.17. The average molecular weight is 346 g/mol. The molecule has 0 amide bonds. The lowest BCUT2D eigenvalue weighted by atomic mass is 10.3. The molecule has 0 spiro atoms. The largest absolute Gasteiger partial charge is 0.507 e. The maximum absolute atomic E-state index is 9.24. The van der Waals surface area contributed by atoms with E-state index in [9.17, 15) is 5.11 Å². The first-order chi connectivity index (χ1) is 5.04. The van der Waals surface area contributed by atoms with E-state index in [1.165, 1.54) is 6.07 Å². The van der Waals surface area contributed by atoms with Crippen LogP contribution in [0.2, 0.25) is 0 Å². The van der Waals surface area contributed by atoms with Crippen molar-refractivity contribution in [2.24, 2.45) is 0 Å². The molecule has 1 aromatic carbocycles. The Bertz CT molecular complexity index is 274. The molecule has 0 fully saturated rings. The molecule has 3 N–H and O–H groups in total. The number of hydrogen-bond donors (Lipinski definition) is 2. The number of benzene rings is 1. The Balaban J connectivity index is 3.46. The number of hydrogen-bond acceptors (Lipinski definition) is 2. The van der Waals surface area contributed by atoms with E-state index in [0.717, 1.165) is 0 Å². The Labute approximate surface area is 89.2 Å². The summed E-state index contributed by atoms with van der Waals surface area (Å²) >= 11 is 9.58. The molecule has 0 radical (unpaired) electrons. The average Bonchev–Trinajstić information content (AvgIpc) is 1.97. The van der Waals surface area contributed by atoms with Crippen molar-refractivity contribution in [3.05, 3.63) is 19.5 Å². The van der Waals surface area contributed by atoms with E-state index in [0.29, 0.717) is 19.1 Å². The van der Waals surface area contributed by atoms with Gasteiger partial charge in [0.1, 0.15) is 5.75 Å². The predicted octanol–water partition coefficient (Wildman–Crippen LogP) is 3.26. The van der Waals surface area contributed by atoms with Crippen molar-refractivity contribution in [2.45, 2.75) is 0 Å². The summed E-state index contributed by atoms with van der Waals surface area (Å²) in [5.41, 5.74) is 6.18. The summed E-state index contributed by atoms with van der Waals surface area (Å²) in [6.07, 6.45) is 0. The smallest absolute Gasteiger partial charge is 0.132 e. The predicted molar refractivity (Wildman–Crippen MR) is 55.6 cm³/mol. The van der Waals surface area contributed by atoms with Crippen molar-refractivity contribution >= 4 is 53.5 Å². The quantitative estimate of drug-likeness (QED) is 0.431. The van der Waals surface area contributed by atoms with Gasteiger partial charge in [-0.15, -0.1) is 0 Å². The van der Waals surface area contributed by atoms with Gasteiger partial charge in [-0.2, -0.15) is 0 Å². The standard InChI is InChI=1S/C6H4Br3NO/c7-2-1-3(11)4(8)5(9)6(2)10/h1,11H,10H2. The van der Waals surface area contributed by atoms with Crippen molar-refractivity contribution in [1.29, 1.82) is 0 Å². The molecule has 60 valence electrons. The van der Waals surface area contributed by atoms with Gasteiger partial charge in [0.2, 0.25) is 0 Å². The summed E-state index contributed by atoms with van der Waals surface area (Å²) in [4.78, 5) is 0. The van der Waals surface area contributed by atoms with E-state index in [2.05, 4.69) is 47.8 Å². The van der Waals surface area contributed by atoms with Crippen LogP contribution in [0.1, 0.15) is 0 Å². The van der Waals surface area contributed by atoms with Gasteiger partial charge >= 0.3 is 0 Å². The zero-order valence-corrected chi connectivity index (χ0v) is 9.99. The maximum Gasteiger partial charge on any atom is 0.132 e. The van der Waals surface area contributed by atoms with Gasteiger partial charge < -0.3 is 10.8 Å².